The SMILES string of the molecule is COCC1(C(=O)Nc2cccc(NC(C)=O)c2)CCNCC1. The van der Waals surface area contributed by atoms with Gasteiger partial charge in [-0.2, -0.15) is 0 Å². The van der Waals surface area contributed by atoms with Gasteiger partial charge in [0.1, 0.15) is 0 Å². The van der Waals surface area contributed by atoms with Crippen LogP contribution in [0.3, 0.4) is 0 Å². The second-order valence-corrected chi connectivity index (χ2v) is 5.68. The van der Waals surface area contributed by atoms with Crippen molar-refractivity contribution in [3.63, 3.8) is 0 Å². The number of benzene rings is 1. The molecule has 22 heavy (non-hydrogen) atoms. The third kappa shape index (κ3) is 4.05. The van der Waals surface area contributed by atoms with Crippen molar-refractivity contribution in [2.75, 3.05) is 37.4 Å². The summed E-state index contributed by atoms with van der Waals surface area (Å²) in [4.78, 5) is 23.8. The number of hydrogen-bond donors (Lipinski definition) is 3. The van der Waals surface area contributed by atoms with Crippen molar-refractivity contribution >= 4 is 23.2 Å². The Bertz CT molecular complexity index is 534. The van der Waals surface area contributed by atoms with Gasteiger partial charge in [0.05, 0.1) is 12.0 Å². The van der Waals surface area contributed by atoms with Crippen molar-refractivity contribution < 1.29 is 14.3 Å². The van der Waals surface area contributed by atoms with Gasteiger partial charge in [-0.15, -0.1) is 0 Å². The van der Waals surface area contributed by atoms with Gasteiger partial charge in [0.15, 0.2) is 0 Å². The van der Waals surface area contributed by atoms with Crippen LogP contribution in [-0.4, -0.2) is 38.6 Å². The maximum absolute atomic E-state index is 12.7. The standard InChI is InChI=1S/C16H23N3O3/c1-12(20)18-13-4-3-5-14(10-13)19-15(21)16(11-22-2)6-8-17-9-7-16/h3-5,10,17H,6-9,11H2,1-2H3,(H,18,20)(H,19,21). The zero-order valence-corrected chi connectivity index (χ0v) is 13.1. The predicted molar refractivity (Wildman–Crippen MR) is 85.8 cm³/mol. The first kappa shape index (κ1) is 16.5. The van der Waals surface area contributed by atoms with Crippen LogP contribution in [0.1, 0.15) is 19.8 Å². The number of amides is 2. The van der Waals surface area contributed by atoms with Crippen LogP contribution in [0.5, 0.6) is 0 Å². The van der Waals surface area contributed by atoms with E-state index in [1.54, 1.807) is 25.3 Å². The molecule has 1 fully saturated rings. The van der Waals surface area contributed by atoms with E-state index in [4.69, 9.17) is 4.74 Å². The van der Waals surface area contributed by atoms with Gasteiger partial charge in [0.2, 0.25) is 11.8 Å². The fourth-order valence-corrected chi connectivity index (χ4v) is 2.76. The molecule has 0 radical (unpaired) electrons. The number of hydrogen-bond acceptors (Lipinski definition) is 4. The third-order valence-corrected chi connectivity index (χ3v) is 3.90. The Morgan fingerprint density at radius 3 is 2.45 bits per heavy atom. The number of rotatable bonds is 5. The van der Waals surface area contributed by atoms with Gasteiger partial charge in [-0.05, 0) is 44.1 Å². The Balaban J connectivity index is 2.10. The summed E-state index contributed by atoms with van der Waals surface area (Å²) < 4.78 is 5.27. The van der Waals surface area contributed by atoms with E-state index >= 15 is 0 Å². The number of carbonyl (C=O) groups is 2. The molecule has 1 aliphatic rings. The number of anilines is 2. The van der Waals surface area contributed by atoms with Crippen molar-refractivity contribution in [1.82, 2.24) is 5.32 Å². The van der Waals surface area contributed by atoms with E-state index in [1.807, 2.05) is 6.07 Å². The molecule has 1 aromatic carbocycles. The van der Waals surface area contributed by atoms with Crippen LogP contribution in [0.4, 0.5) is 11.4 Å². The van der Waals surface area contributed by atoms with Gasteiger partial charge in [0.25, 0.3) is 0 Å². The van der Waals surface area contributed by atoms with E-state index in [9.17, 15) is 9.59 Å². The van der Waals surface area contributed by atoms with E-state index in [0.29, 0.717) is 18.0 Å². The highest BCUT2D eigenvalue weighted by molar-refractivity contribution is 5.96. The molecule has 0 spiro atoms. The largest absolute Gasteiger partial charge is 0.384 e. The van der Waals surface area contributed by atoms with Gasteiger partial charge in [-0.25, -0.2) is 0 Å². The van der Waals surface area contributed by atoms with Crippen LogP contribution in [0.25, 0.3) is 0 Å². The monoisotopic (exact) mass is 305 g/mol. The van der Waals surface area contributed by atoms with E-state index < -0.39 is 5.41 Å². The molecular weight excluding hydrogens is 282 g/mol. The lowest BCUT2D eigenvalue weighted by molar-refractivity contribution is -0.130. The first-order chi connectivity index (χ1) is 10.6. The maximum Gasteiger partial charge on any atom is 0.233 e. The quantitative estimate of drug-likeness (QED) is 0.772. The third-order valence-electron chi connectivity index (χ3n) is 3.90. The second-order valence-electron chi connectivity index (χ2n) is 5.68. The first-order valence-corrected chi connectivity index (χ1v) is 7.44. The Hall–Kier alpha value is -1.92. The number of piperidine rings is 1. The molecule has 120 valence electrons. The van der Waals surface area contributed by atoms with Crippen LogP contribution in [0.2, 0.25) is 0 Å². The highest BCUT2D eigenvalue weighted by Crippen LogP contribution is 2.31. The van der Waals surface area contributed by atoms with E-state index in [1.165, 1.54) is 6.92 Å². The van der Waals surface area contributed by atoms with Crippen LogP contribution in [0.15, 0.2) is 24.3 Å². The number of nitrogens with one attached hydrogen (secondary N) is 3. The minimum Gasteiger partial charge on any atom is -0.384 e. The molecule has 1 aromatic rings. The predicted octanol–water partition coefficient (Wildman–Crippen LogP) is 1.60. The molecule has 0 bridgehead atoms. The van der Waals surface area contributed by atoms with Gasteiger partial charge in [0, 0.05) is 25.4 Å². The maximum atomic E-state index is 12.7. The molecule has 1 saturated heterocycles. The normalized spacial score (nSPS) is 16.8. The van der Waals surface area contributed by atoms with Crippen molar-refractivity contribution in [3.8, 4) is 0 Å². The summed E-state index contributed by atoms with van der Waals surface area (Å²) in [7, 11) is 1.62. The Morgan fingerprint density at radius 1 is 1.23 bits per heavy atom. The van der Waals surface area contributed by atoms with Gasteiger partial charge in [-0.3, -0.25) is 9.59 Å². The van der Waals surface area contributed by atoms with Gasteiger partial charge in [-0.1, -0.05) is 6.07 Å². The minimum atomic E-state index is -0.496. The number of ether oxygens (including phenoxy) is 1. The molecule has 0 atom stereocenters. The number of carbonyl (C=O) groups excluding carboxylic acids is 2. The van der Waals surface area contributed by atoms with Crippen molar-refractivity contribution in [2.45, 2.75) is 19.8 Å². The summed E-state index contributed by atoms with van der Waals surface area (Å²) in [6, 6.07) is 7.14. The van der Waals surface area contributed by atoms with Gasteiger partial charge >= 0.3 is 0 Å². The summed E-state index contributed by atoms with van der Waals surface area (Å²) in [5.41, 5.74) is 0.839. The summed E-state index contributed by atoms with van der Waals surface area (Å²) in [5, 5.41) is 8.92. The highest BCUT2D eigenvalue weighted by Gasteiger charge is 2.39. The molecule has 2 amide bonds. The van der Waals surface area contributed by atoms with E-state index in [2.05, 4.69) is 16.0 Å². The van der Waals surface area contributed by atoms with Crippen LogP contribution >= 0.6 is 0 Å². The fourth-order valence-electron chi connectivity index (χ4n) is 2.76. The molecule has 0 aromatic heterocycles. The molecular formula is C16H23N3O3. The summed E-state index contributed by atoms with van der Waals surface area (Å²) in [6.07, 6.45) is 1.50. The van der Waals surface area contributed by atoms with Gasteiger partial charge < -0.3 is 20.7 Å². The van der Waals surface area contributed by atoms with E-state index in [-0.39, 0.29) is 11.8 Å². The molecule has 6 nitrogen and oxygen atoms in total. The molecule has 0 saturated carbocycles. The lowest BCUT2D eigenvalue weighted by atomic mass is 9.78. The molecule has 0 unspecified atom stereocenters. The molecule has 1 aliphatic heterocycles. The summed E-state index contributed by atoms with van der Waals surface area (Å²) in [6.45, 7) is 3.48. The van der Waals surface area contributed by atoms with Crippen LogP contribution in [0, 0.1) is 5.41 Å². The van der Waals surface area contributed by atoms with E-state index in [0.717, 1.165) is 25.9 Å². The number of methoxy groups -OCH3 is 1. The average molecular weight is 305 g/mol. The topological polar surface area (TPSA) is 79.5 Å². The Kier molecular flexibility index (Phi) is 5.51. The lowest BCUT2D eigenvalue weighted by Gasteiger charge is -2.35. The molecule has 1 heterocycles. The minimum absolute atomic E-state index is 0.0316. The van der Waals surface area contributed by atoms with Crippen LogP contribution < -0.4 is 16.0 Å². The molecule has 2 rings (SSSR count). The van der Waals surface area contributed by atoms with Crippen molar-refractivity contribution in [2.24, 2.45) is 5.41 Å². The van der Waals surface area contributed by atoms with Crippen molar-refractivity contribution in [3.05, 3.63) is 24.3 Å². The fraction of sp³-hybridized carbons (Fsp3) is 0.500. The first-order valence-electron chi connectivity index (χ1n) is 7.44. The average Bonchev–Trinajstić information content (AvgIpc) is 2.48. The summed E-state index contributed by atoms with van der Waals surface area (Å²) in [5.74, 6) is -0.173. The summed E-state index contributed by atoms with van der Waals surface area (Å²) >= 11 is 0. The Morgan fingerprint density at radius 2 is 1.86 bits per heavy atom. The molecule has 6 heteroatoms. The second kappa shape index (κ2) is 7.38. The van der Waals surface area contributed by atoms with Crippen molar-refractivity contribution in [1.29, 1.82) is 0 Å². The lowest BCUT2D eigenvalue weighted by Crippen LogP contribution is -2.47. The molecule has 0 aliphatic carbocycles. The zero-order chi connectivity index (χ0) is 16.0. The highest BCUT2D eigenvalue weighted by atomic mass is 16.5. The molecule has 3 N–H and O–H groups in total. The smallest absolute Gasteiger partial charge is 0.233 e. The zero-order valence-electron chi connectivity index (χ0n) is 13.1. The Labute approximate surface area is 130 Å². The van der Waals surface area contributed by atoms with Crippen LogP contribution in [-0.2, 0) is 14.3 Å².